The van der Waals surface area contributed by atoms with E-state index in [1.54, 1.807) is 31.2 Å². The summed E-state index contributed by atoms with van der Waals surface area (Å²) in [5, 5.41) is 14.8. The molecule has 1 saturated heterocycles. The molecular weight excluding hydrogens is 292 g/mol. The smallest absolute Gasteiger partial charge is 0.319 e. The third-order valence-electron chi connectivity index (χ3n) is 3.50. The van der Waals surface area contributed by atoms with Gasteiger partial charge in [0.05, 0.1) is 17.6 Å². The first kappa shape index (κ1) is 15.8. The average Bonchev–Trinajstić information content (AvgIpc) is 2.76. The van der Waals surface area contributed by atoms with E-state index >= 15 is 0 Å². The number of benzene rings is 1. The van der Waals surface area contributed by atoms with Crippen molar-refractivity contribution in [3.63, 3.8) is 0 Å². The maximum absolute atomic E-state index is 11.8. The van der Waals surface area contributed by atoms with Crippen LogP contribution in [0.1, 0.15) is 25.0 Å². The number of hydrogen-bond acceptors (Lipinski definition) is 4. The van der Waals surface area contributed by atoms with Crippen molar-refractivity contribution in [3.8, 4) is 0 Å². The van der Waals surface area contributed by atoms with Gasteiger partial charge in [0.2, 0.25) is 0 Å². The second kappa shape index (κ2) is 6.44. The Morgan fingerprint density at radius 2 is 2.24 bits per heavy atom. The largest absolute Gasteiger partial charge is 0.389 e. The van der Waals surface area contributed by atoms with Crippen molar-refractivity contribution in [1.29, 1.82) is 0 Å². The van der Waals surface area contributed by atoms with Gasteiger partial charge >= 0.3 is 6.03 Å². The summed E-state index contributed by atoms with van der Waals surface area (Å²) in [4.78, 5) is 11.8. The molecule has 0 bridgehead atoms. The number of aliphatic hydroxyl groups is 1. The SMILES string of the molecule is CC(O)c1cccc(NC(=O)NCC2CCS(=O)(=O)C2)c1. The van der Waals surface area contributed by atoms with Crippen molar-refractivity contribution in [2.24, 2.45) is 5.92 Å². The minimum atomic E-state index is -2.92. The zero-order chi connectivity index (χ0) is 15.5. The fourth-order valence-corrected chi connectivity index (χ4v) is 4.18. The predicted molar refractivity (Wildman–Crippen MR) is 80.9 cm³/mol. The van der Waals surface area contributed by atoms with Crippen molar-refractivity contribution in [3.05, 3.63) is 29.8 Å². The van der Waals surface area contributed by atoms with Crippen LogP contribution in [-0.4, -0.2) is 37.6 Å². The summed E-state index contributed by atoms with van der Waals surface area (Å²) in [7, 11) is -2.92. The fraction of sp³-hybridized carbons (Fsp3) is 0.500. The summed E-state index contributed by atoms with van der Waals surface area (Å²) in [5.74, 6) is 0.340. The lowest BCUT2D eigenvalue weighted by Crippen LogP contribution is -2.33. The number of carbonyl (C=O) groups is 1. The van der Waals surface area contributed by atoms with Gasteiger partial charge in [-0.3, -0.25) is 0 Å². The molecule has 3 N–H and O–H groups in total. The van der Waals surface area contributed by atoms with Crippen LogP contribution in [0.4, 0.5) is 10.5 Å². The van der Waals surface area contributed by atoms with Gasteiger partial charge in [0.1, 0.15) is 0 Å². The molecule has 1 aromatic rings. The first-order chi connectivity index (χ1) is 9.85. The van der Waals surface area contributed by atoms with Crippen molar-refractivity contribution in [2.75, 3.05) is 23.4 Å². The minimum absolute atomic E-state index is 0.00968. The number of anilines is 1. The van der Waals surface area contributed by atoms with E-state index in [9.17, 15) is 18.3 Å². The quantitative estimate of drug-likeness (QED) is 0.781. The highest BCUT2D eigenvalue weighted by Crippen LogP contribution is 2.18. The molecule has 2 atom stereocenters. The van der Waals surface area contributed by atoms with Crippen molar-refractivity contribution >= 4 is 21.6 Å². The van der Waals surface area contributed by atoms with Gasteiger partial charge in [-0.2, -0.15) is 0 Å². The lowest BCUT2D eigenvalue weighted by Gasteiger charge is -2.12. The Hall–Kier alpha value is -1.60. The van der Waals surface area contributed by atoms with Crippen LogP contribution in [0, 0.1) is 5.92 Å². The number of sulfone groups is 1. The van der Waals surface area contributed by atoms with Gasteiger partial charge in [0.25, 0.3) is 0 Å². The molecule has 2 amide bonds. The van der Waals surface area contributed by atoms with Gasteiger partial charge in [-0.15, -0.1) is 0 Å². The van der Waals surface area contributed by atoms with E-state index in [-0.39, 0.29) is 23.5 Å². The number of amides is 2. The fourth-order valence-electron chi connectivity index (χ4n) is 2.32. The van der Waals surface area contributed by atoms with Crippen LogP contribution in [0.15, 0.2) is 24.3 Å². The molecule has 116 valence electrons. The molecule has 2 rings (SSSR count). The lowest BCUT2D eigenvalue weighted by atomic mass is 10.1. The maximum atomic E-state index is 11.8. The van der Waals surface area contributed by atoms with Crippen molar-refractivity contribution in [1.82, 2.24) is 5.32 Å². The topological polar surface area (TPSA) is 95.5 Å². The number of carbonyl (C=O) groups excluding carboxylic acids is 1. The highest BCUT2D eigenvalue weighted by atomic mass is 32.2. The molecule has 0 radical (unpaired) electrons. The standard InChI is InChI=1S/C14H20N2O4S/c1-10(17)12-3-2-4-13(7-12)16-14(18)15-8-11-5-6-21(19,20)9-11/h2-4,7,10-11,17H,5-6,8-9H2,1H3,(H2,15,16,18). The van der Waals surface area contributed by atoms with E-state index < -0.39 is 15.9 Å². The molecule has 0 aliphatic carbocycles. The average molecular weight is 312 g/mol. The zero-order valence-electron chi connectivity index (χ0n) is 11.9. The van der Waals surface area contributed by atoms with Gasteiger partial charge in [0, 0.05) is 12.2 Å². The van der Waals surface area contributed by atoms with Crippen LogP contribution in [0.5, 0.6) is 0 Å². The van der Waals surface area contributed by atoms with Gasteiger partial charge in [0.15, 0.2) is 9.84 Å². The summed E-state index contributed by atoms with van der Waals surface area (Å²) in [6.07, 6.45) is -0.00126. The van der Waals surface area contributed by atoms with Gasteiger partial charge < -0.3 is 15.7 Å². The molecule has 7 heteroatoms. The molecule has 1 aliphatic heterocycles. The maximum Gasteiger partial charge on any atom is 0.319 e. The van der Waals surface area contributed by atoms with Crippen LogP contribution in [0.25, 0.3) is 0 Å². The third kappa shape index (κ3) is 4.71. The van der Waals surface area contributed by atoms with Crippen LogP contribution >= 0.6 is 0 Å². The Balaban J connectivity index is 1.83. The Labute approximate surface area is 124 Å². The first-order valence-corrected chi connectivity index (χ1v) is 8.71. The lowest BCUT2D eigenvalue weighted by molar-refractivity contribution is 0.199. The zero-order valence-corrected chi connectivity index (χ0v) is 12.7. The second-order valence-corrected chi connectivity index (χ2v) is 7.63. The molecule has 1 aromatic carbocycles. The molecule has 1 heterocycles. The van der Waals surface area contributed by atoms with E-state index in [1.165, 1.54) is 0 Å². The number of urea groups is 1. The monoisotopic (exact) mass is 312 g/mol. The molecule has 1 aliphatic rings. The number of rotatable bonds is 4. The highest BCUT2D eigenvalue weighted by molar-refractivity contribution is 7.91. The van der Waals surface area contributed by atoms with Gasteiger partial charge in [-0.1, -0.05) is 12.1 Å². The van der Waals surface area contributed by atoms with Crippen LogP contribution < -0.4 is 10.6 Å². The normalized spacial score (nSPS) is 21.7. The van der Waals surface area contributed by atoms with E-state index in [0.717, 1.165) is 5.56 Å². The van der Waals surface area contributed by atoms with E-state index in [4.69, 9.17) is 0 Å². The van der Waals surface area contributed by atoms with Crippen molar-refractivity contribution in [2.45, 2.75) is 19.4 Å². The molecule has 1 fully saturated rings. The summed E-state index contributed by atoms with van der Waals surface area (Å²) in [6, 6.07) is 6.58. The third-order valence-corrected chi connectivity index (χ3v) is 5.34. The summed E-state index contributed by atoms with van der Waals surface area (Å²) >= 11 is 0. The molecule has 0 aromatic heterocycles. The minimum Gasteiger partial charge on any atom is -0.389 e. The molecule has 21 heavy (non-hydrogen) atoms. The predicted octanol–water partition coefficient (Wildman–Crippen LogP) is 1.30. The van der Waals surface area contributed by atoms with Crippen LogP contribution in [0.2, 0.25) is 0 Å². The Morgan fingerprint density at radius 3 is 2.86 bits per heavy atom. The molecule has 2 unspecified atom stereocenters. The summed E-state index contributed by atoms with van der Waals surface area (Å²) in [5.41, 5.74) is 1.31. The Kier molecular flexibility index (Phi) is 4.84. The molecule has 0 saturated carbocycles. The molecule has 6 nitrogen and oxygen atoms in total. The van der Waals surface area contributed by atoms with E-state index in [1.807, 2.05) is 0 Å². The number of nitrogens with one attached hydrogen (secondary N) is 2. The number of hydrogen-bond donors (Lipinski definition) is 3. The first-order valence-electron chi connectivity index (χ1n) is 6.89. The Morgan fingerprint density at radius 1 is 1.48 bits per heavy atom. The van der Waals surface area contributed by atoms with Gasteiger partial charge in [-0.25, -0.2) is 13.2 Å². The molecular formula is C14H20N2O4S. The van der Waals surface area contributed by atoms with Crippen molar-refractivity contribution < 1.29 is 18.3 Å². The Bertz CT molecular complexity index is 613. The van der Waals surface area contributed by atoms with E-state index in [2.05, 4.69) is 10.6 Å². The molecule has 0 spiro atoms. The van der Waals surface area contributed by atoms with E-state index in [0.29, 0.717) is 18.7 Å². The van der Waals surface area contributed by atoms with Gasteiger partial charge in [-0.05, 0) is 37.0 Å². The summed E-state index contributed by atoms with van der Waals surface area (Å²) in [6.45, 7) is 2.00. The number of aliphatic hydroxyl groups excluding tert-OH is 1. The van der Waals surface area contributed by atoms with Crippen LogP contribution in [-0.2, 0) is 9.84 Å². The highest BCUT2D eigenvalue weighted by Gasteiger charge is 2.27. The second-order valence-electron chi connectivity index (χ2n) is 5.41. The summed E-state index contributed by atoms with van der Waals surface area (Å²) < 4.78 is 22.7. The van der Waals surface area contributed by atoms with Crippen LogP contribution in [0.3, 0.4) is 0 Å².